The molecule has 5 heteroatoms. The number of hydrogen-bond donors (Lipinski definition) is 2. The van der Waals surface area contributed by atoms with Gasteiger partial charge in [-0.05, 0) is 64.1 Å². The van der Waals surface area contributed by atoms with E-state index >= 15 is 0 Å². The Balaban J connectivity index is 1.19. The summed E-state index contributed by atoms with van der Waals surface area (Å²) in [6, 6.07) is 28.2. The van der Waals surface area contributed by atoms with Gasteiger partial charge in [-0.25, -0.2) is 0 Å². The number of benzene rings is 4. The summed E-state index contributed by atoms with van der Waals surface area (Å²) in [5, 5.41) is 10.8. The minimum Gasteiger partial charge on any atom is -0.350 e. The Morgan fingerprint density at radius 1 is 0.865 bits per heavy atom. The Bertz CT molecular complexity index is 1410. The first-order valence-corrected chi connectivity index (χ1v) is 13.2. The number of nitrogens with zero attached hydrogens (tertiary/aromatic N) is 1. The molecule has 2 amide bonds. The van der Waals surface area contributed by atoms with Gasteiger partial charge in [-0.15, -0.1) is 0 Å². The summed E-state index contributed by atoms with van der Waals surface area (Å²) in [7, 11) is 0. The summed E-state index contributed by atoms with van der Waals surface area (Å²) in [6.07, 6.45) is 1.50. The molecule has 4 aromatic carbocycles. The van der Waals surface area contributed by atoms with Gasteiger partial charge in [0.25, 0.3) is 5.91 Å². The van der Waals surface area contributed by atoms with Gasteiger partial charge in [0.1, 0.15) is 6.04 Å². The number of carbonyl (C=O) groups is 2. The van der Waals surface area contributed by atoms with Crippen molar-refractivity contribution in [1.29, 1.82) is 0 Å². The van der Waals surface area contributed by atoms with E-state index in [0.29, 0.717) is 12.0 Å². The van der Waals surface area contributed by atoms with Gasteiger partial charge in [-0.1, -0.05) is 80.6 Å². The average Bonchev–Trinajstić information content (AvgIpc) is 3.34. The second-order valence-corrected chi connectivity index (χ2v) is 10.6. The van der Waals surface area contributed by atoms with Gasteiger partial charge in [-0.2, -0.15) is 0 Å². The molecule has 5 nitrogen and oxygen atoms in total. The molecule has 0 aromatic heterocycles. The molecule has 1 aliphatic rings. The molecule has 2 N–H and O–H groups in total. The number of likely N-dealkylation sites (tertiary alicyclic amines) is 1. The molecule has 37 heavy (non-hydrogen) atoms. The van der Waals surface area contributed by atoms with Crippen LogP contribution in [0.5, 0.6) is 0 Å². The van der Waals surface area contributed by atoms with E-state index in [-0.39, 0.29) is 23.8 Å². The summed E-state index contributed by atoms with van der Waals surface area (Å²) in [4.78, 5) is 28.7. The summed E-state index contributed by atoms with van der Waals surface area (Å²) < 4.78 is 0. The summed E-state index contributed by atoms with van der Waals surface area (Å²) in [5.74, 6) is -0.0306. The van der Waals surface area contributed by atoms with Gasteiger partial charge in [0.15, 0.2) is 0 Å². The van der Waals surface area contributed by atoms with Crippen LogP contribution >= 0.6 is 0 Å². The average molecular weight is 494 g/mol. The Hall–Kier alpha value is -3.70. The highest BCUT2D eigenvalue weighted by molar-refractivity contribution is 6.00. The number of hydrogen-bond acceptors (Lipinski definition) is 3. The van der Waals surface area contributed by atoms with Crippen molar-refractivity contribution in [1.82, 2.24) is 15.5 Å². The van der Waals surface area contributed by atoms with Gasteiger partial charge < -0.3 is 10.6 Å². The van der Waals surface area contributed by atoms with Crippen LogP contribution < -0.4 is 10.6 Å². The van der Waals surface area contributed by atoms with Crippen LogP contribution in [0.2, 0.25) is 0 Å². The van der Waals surface area contributed by atoms with E-state index in [4.69, 9.17) is 0 Å². The Morgan fingerprint density at radius 2 is 1.51 bits per heavy atom. The standard InChI is InChI=1S/C32H35N3O2/c1-22(2)17-30(34-31(36)28-14-13-25-8-4-6-10-27(25)19-28)32(37)33-29-15-16-35(21-29)20-23-11-12-24-7-3-5-9-26(24)18-23/h3-14,18-19,22,29-30H,15-17,20-21H2,1-2H3,(H,33,37)(H,34,36)/t29-,30-/m0/s1. The van der Waals surface area contributed by atoms with E-state index in [2.05, 4.69) is 71.8 Å². The zero-order chi connectivity index (χ0) is 25.8. The summed E-state index contributed by atoms with van der Waals surface area (Å²) in [5.41, 5.74) is 1.86. The molecule has 0 aliphatic carbocycles. The lowest BCUT2D eigenvalue weighted by Gasteiger charge is -2.23. The van der Waals surface area contributed by atoms with Crippen LogP contribution in [0, 0.1) is 5.92 Å². The smallest absolute Gasteiger partial charge is 0.251 e. The monoisotopic (exact) mass is 493 g/mol. The molecule has 1 saturated heterocycles. The third kappa shape index (κ3) is 6.17. The maximum Gasteiger partial charge on any atom is 0.251 e. The van der Waals surface area contributed by atoms with Crippen molar-refractivity contribution in [3.8, 4) is 0 Å². The molecule has 1 fully saturated rings. The first kappa shape index (κ1) is 25.0. The number of fused-ring (bicyclic) bond motifs is 2. The fourth-order valence-electron chi connectivity index (χ4n) is 5.27. The number of carbonyl (C=O) groups excluding carboxylic acids is 2. The summed E-state index contributed by atoms with van der Waals surface area (Å²) in [6.45, 7) is 6.76. The van der Waals surface area contributed by atoms with Crippen molar-refractivity contribution in [2.45, 2.75) is 45.3 Å². The SMILES string of the molecule is CC(C)C[C@H](NC(=O)c1ccc2ccccc2c1)C(=O)N[C@H]1CCN(Cc2ccc3ccccc3c2)C1. The molecule has 0 unspecified atom stereocenters. The van der Waals surface area contributed by atoms with Crippen molar-refractivity contribution >= 4 is 33.4 Å². The van der Waals surface area contributed by atoms with Crippen molar-refractivity contribution in [2.75, 3.05) is 13.1 Å². The van der Waals surface area contributed by atoms with Crippen molar-refractivity contribution < 1.29 is 9.59 Å². The minimum absolute atomic E-state index is 0.0835. The van der Waals surface area contributed by atoms with Gasteiger partial charge in [-0.3, -0.25) is 14.5 Å². The Morgan fingerprint density at radius 3 is 2.22 bits per heavy atom. The van der Waals surface area contributed by atoms with Crippen LogP contribution in [-0.2, 0) is 11.3 Å². The quantitative estimate of drug-likeness (QED) is 0.339. The maximum absolute atomic E-state index is 13.3. The molecule has 2 atom stereocenters. The zero-order valence-corrected chi connectivity index (χ0v) is 21.6. The van der Waals surface area contributed by atoms with Crippen LogP contribution in [-0.4, -0.2) is 41.9 Å². The largest absolute Gasteiger partial charge is 0.350 e. The van der Waals surface area contributed by atoms with Crippen LogP contribution in [0.4, 0.5) is 0 Å². The maximum atomic E-state index is 13.3. The fourth-order valence-corrected chi connectivity index (χ4v) is 5.27. The first-order chi connectivity index (χ1) is 17.9. The van der Waals surface area contributed by atoms with E-state index in [1.165, 1.54) is 16.3 Å². The van der Waals surface area contributed by atoms with Crippen LogP contribution in [0.3, 0.4) is 0 Å². The second kappa shape index (κ2) is 11.1. The molecule has 0 radical (unpaired) electrons. The van der Waals surface area contributed by atoms with Crippen molar-refractivity contribution in [2.24, 2.45) is 5.92 Å². The van der Waals surface area contributed by atoms with Crippen molar-refractivity contribution in [3.05, 3.63) is 96.1 Å². The second-order valence-electron chi connectivity index (χ2n) is 10.6. The van der Waals surface area contributed by atoms with Gasteiger partial charge in [0.2, 0.25) is 5.91 Å². The molecule has 4 aromatic rings. The highest BCUT2D eigenvalue weighted by atomic mass is 16.2. The third-order valence-electron chi connectivity index (χ3n) is 7.18. The Kier molecular flexibility index (Phi) is 7.52. The highest BCUT2D eigenvalue weighted by Gasteiger charge is 2.28. The molecule has 0 saturated carbocycles. The predicted molar refractivity (Wildman–Crippen MR) is 150 cm³/mol. The lowest BCUT2D eigenvalue weighted by Crippen LogP contribution is -2.50. The molecule has 190 valence electrons. The van der Waals surface area contributed by atoms with Crippen LogP contribution in [0.15, 0.2) is 84.9 Å². The van der Waals surface area contributed by atoms with Gasteiger partial charge in [0.05, 0.1) is 0 Å². The Labute approximate surface area is 218 Å². The highest BCUT2D eigenvalue weighted by Crippen LogP contribution is 2.20. The van der Waals surface area contributed by atoms with E-state index in [0.717, 1.165) is 36.8 Å². The van der Waals surface area contributed by atoms with Crippen molar-refractivity contribution in [3.63, 3.8) is 0 Å². The number of amides is 2. The lowest BCUT2D eigenvalue weighted by molar-refractivity contribution is -0.124. The van der Waals surface area contributed by atoms with E-state index in [1.54, 1.807) is 0 Å². The fraction of sp³-hybridized carbons (Fsp3) is 0.312. The first-order valence-electron chi connectivity index (χ1n) is 13.2. The van der Waals surface area contributed by atoms with Gasteiger partial charge >= 0.3 is 0 Å². The predicted octanol–water partition coefficient (Wildman–Crippen LogP) is 5.53. The van der Waals surface area contributed by atoms with E-state index < -0.39 is 6.04 Å². The third-order valence-corrected chi connectivity index (χ3v) is 7.18. The topological polar surface area (TPSA) is 61.4 Å². The van der Waals surface area contributed by atoms with Crippen LogP contribution in [0.1, 0.15) is 42.6 Å². The molecule has 0 bridgehead atoms. The zero-order valence-electron chi connectivity index (χ0n) is 21.6. The van der Waals surface area contributed by atoms with Gasteiger partial charge in [0, 0.05) is 31.2 Å². The molecular formula is C32H35N3O2. The molecule has 1 aliphatic heterocycles. The number of rotatable bonds is 8. The lowest BCUT2D eigenvalue weighted by atomic mass is 10.0. The summed E-state index contributed by atoms with van der Waals surface area (Å²) >= 11 is 0. The molecule has 1 heterocycles. The molecule has 5 rings (SSSR count). The van der Waals surface area contributed by atoms with E-state index in [9.17, 15) is 9.59 Å². The molecular weight excluding hydrogens is 458 g/mol. The van der Waals surface area contributed by atoms with Crippen LogP contribution in [0.25, 0.3) is 21.5 Å². The normalized spacial score (nSPS) is 16.8. The number of nitrogens with one attached hydrogen (secondary N) is 2. The molecule has 0 spiro atoms. The minimum atomic E-state index is -0.562. The van der Waals surface area contributed by atoms with E-state index in [1.807, 2.05) is 42.5 Å².